The molecule has 0 aliphatic carbocycles. The first kappa shape index (κ1) is 21.6. The van der Waals surface area contributed by atoms with Gasteiger partial charge in [-0.05, 0) is 36.6 Å². The molecule has 0 spiro atoms. The average molecular weight is 427 g/mol. The summed E-state index contributed by atoms with van der Waals surface area (Å²) >= 11 is 0. The number of carbonyl (C=O) groups is 2. The summed E-state index contributed by atoms with van der Waals surface area (Å²) in [6.07, 6.45) is -2.67. The first-order valence-corrected chi connectivity index (χ1v) is 9.17. The van der Waals surface area contributed by atoms with Gasteiger partial charge in [-0.15, -0.1) is 0 Å². The van der Waals surface area contributed by atoms with Gasteiger partial charge >= 0.3 is 6.18 Å². The zero-order valence-corrected chi connectivity index (χ0v) is 15.9. The van der Waals surface area contributed by atoms with Crippen LogP contribution >= 0.6 is 0 Å². The zero-order valence-electron chi connectivity index (χ0n) is 15.9. The Labute approximate surface area is 169 Å². The maximum Gasteiger partial charge on any atom is 0.419 e. The minimum absolute atomic E-state index is 0.00104. The molecule has 0 radical (unpaired) electrons. The number of hydrazine groups is 1. The van der Waals surface area contributed by atoms with Gasteiger partial charge in [-0.25, -0.2) is 9.82 Å². The van der Waals surface area contributed by atoms with Crippen molar-refractivity contribution < 1.29 is 27.2 Å². The summed E-state index contributed by atoms with van der Waals surface area (Å²) in [6, 6.07) is 1.19. The van der Waals surface area contributed by atoms with Crippen molar-refractivity contribution in [2.24, 2.45) is 11.5 Å². The molecule has 5 N–H and O–H groups in total. The SMILES string of the molecule is C=CC(=O)N1CCC(N2NC(c3ccc(F)c(C(F)(F)F)c3)C(C(N)=O)=C2N)CC1. The third-order valence-electron chi connectivity index (χ3n) is 5.30. The van der Waals surface area contributed by atoms with Crippen LogP contribution in [0.5, 0.6) is 0 Å². The molecule has 2 amide bonds. The molecule has 2 aliphatic rings. The van der Waals surface area contributed by atoms with Gasteiger partial charge in [0.15, 0.2) is 0 Å². The summed E-state index contributed by atoms with van der Waals surface area (Å²) in [4.78, 5) is 25.4. The number of rotatable bonds is 4. The standard InChI is InChI=1S/C19H21F4N5O2/c1-2-14(29)27-7-5-11(6-8-27)28-17(24)15(18(25)30)16(26-28)10-3-4-13(20)12(9-10)19(21,22)23/h2-4,9,11,16,26H,1,5-8,24H2,(H2,25,30). The van der Waals surface area contributed by atoms with Gasteiger partial charge in [0.25, 0.3) is 0 Å². The molecule has 0 saturated carbocycles. The van der Waals surface area contributed by atoms with Gasteiger partial charge in [0.2, 0.25) is 11.8 Å². The van der Waals surface area contributed by atoms with E-state index in [1.54, 1.807) is 4.90 Å². The van der Waals surface area contributed by atoms with Crippen LogP contribution in [0.15, 0.2) is 42.2 Å². The first-order chi connectivity index (χ1) is 14.0. The van der Waals surface area contributed by atoms with Crippen molar-refractivity contribution in [3.05, 3.63) is 59.2 Å². The molecule has 11 heteroatoms. The maximum absolute atomic E-state index is 13.7. The molecular formula is C19H21F4N5O2. The van der Waals surface area contributed by atoms with E-state index >= 15 is 0 Å². The minimum Gasteiger partial charge on any atom is -0.384 e. The lowest BCUT2D eigenvalue weighted by Gasteiger charge is -2.37. The molecule has 7 nitrogen and oxygen atoms in total. The molecule has 0 aromatic heterocycles. The van der Waals surface area contributed by atoms with Crippen LogP contribution in [0.1, 0.15) is 30.0 Å². The molecule has 1 aromatic carbocycles. The lowest BCUT2D eigenvalue weighted by atomic mass is 9.97. The van der Waals surface area contributed by atoms with Crippen LogP contribution in [0.4, 0.5) is 17.6 Å². The number of hydrogen-bond donors (Lipinski definition) is 3. The van der Waals surface area contributed by atoms with Gasteiger partial charge in [0, 0.05) is 13.1 Å². The van der Waals surface area contributed by atoms with Gasteiger partial charge in [-0.1, -0.05) is 12.6 Å². The van der Waals surface area contributed by atoms with E-state index in [9.17, 15) is 27.2 Å². The Morgan fingerprint density at radius 1 is 1.23 bits per heavy atom. The summed E-state index contributed by atoms with van der Waals surface area (Å²) < 4.78 is 53.0. The van der Waals surface area contributed by atoms with Gasteiger partial charge in [-0.2, -0.15) is 13.2 Å². The number of nitrogens with zero attached hydrogens (tertiary/aromatic N) is 2. The number of benzene rings is 1. The minimum atomic E-state index is -4.90. The fourth-order valence-electron chi connectivity index (χ4n) is 3.78. The summed E-state index contributed by atoms with van der Waals surface area (Å²) in [6.45, 7) is 4.29. The zero-order chi connectivity index (χ0) is 22.2. The van der Waals surface area contributed by atoms with E-state index in [1.165, 1.54) is 11.1 Å². The highest BCUT2D eigenvalue weighted by molar-refractivity contribution is 5.94. The molecule has 30 heavy (non-hydrogen) atoms. The van der Waals surface area contributed by atoms with Crippen LogP contribution < -0.4 is 16.9 Å². The molecule has 2 heterocycles. The number of piperidine rings is 1. The number of alkyl halides is 3. The Morgan fingerprint density at radius 2 is 1.87 bits per heavy atom. The Kier molecular flexibility index (Phi) is 5.75. The summed E-state index contributed by atoms with van der Waals surface area (Å²) in [5.74, 6) is -2.52. The topological polar surface area (TPSA) is 105 Å². The molecule has 3 rings (SSSR count). The third-order valence-corrected chi connectivity index (χ3v) is 5.30. The second-order valence-electron chi connectivity index (χ2n) is 7.09. The highest BCUT2D eigenvalue weighted by Crippen LogP contribution is 2.37. The molecule has 1 aromatic rings. The highest BCUT2D eigenvalue weighted by Gasteiger charge is 2.40. The van der Waals surface area contributed by atoms with Crippen molar-refractivity contribution in [1.29, 1.82) is 0 Å². The molecule has 162 valence electrons. The number of carbonyl (C=O) groups excluding carboxylic acids is 2. The number of nitrogens with two attached hydrogens (primary N) is 2. The maximum atomic E-state index is 13.7. The number of amides is 2. The average Bonchev–Trinajstić information content (AvgIpc) is 3.04. The van der Waals surface area contributed by atoms with Crippen LogP contribution in [-0.4, -0.2) is 40.9 Å². The third kappa shape index (κ3) is 3.97. The smallest absolute Gasteiger partial charge is 0.384 e. The van der Waals surface area contributed by atoms with E-state index in [2.05, 4.69) is 12.0 Å². The number of halogens is 4. The Bertz CT molecular complexity index is 907. The van der Waals surface area contributed by atoms with E-state index < -0.39 is 29.5 Å². The van der Waals surface area contributed by atoms with Gasteiger partial charge in [0.1, 0.15) is 11.6 Å². The summed E-state index contributed by atoms with van der Waals surface area (Å²) in [7, 11) is 0. The van der Waals surface area contributed by atoms with E-state index in [4.69, 9.17) is 11.5 Å². The number of hydrogen-bond acceptors (Lipinski definition) is 5. The molecule has 1 saturated heterocycles. The molecule has 1 fully saturated rings. The van der Waals surface area contributed by atoms with Gasteiger partial charge in [0.05, 0.1) is 23.2 Å². The van der Waals surface area contributed by atoms with Crippen LogP contribution in [0.2, 0.25) is 0 Å². The fraction of sp³-hybridized carbons (Fsp3) is 0.368. The molecular weight excluding hydrogens is 406 g/mol. The Balaban J connectivity index is 1.88. The van der Waals surface area contributed by atoms with Crippen molar-refractivity contribution in [3.8, 4) is 0 Å². The van der Waals surface area contributed by atoms with Crippen LogP contribution in [0, 0.1) is 5.82 Å². The van der Waals surface area contributed by atoms with Crippen LogP contribution in [0.25, 0.3) is 0 Å². The number of nitrogens with one attached hydrogen (secondary N) is 1. The molecule has 1 atom stereocenters. The lowest BCUT2D eigenvalue weighted by molar-refractivity contribution is -0.140. The lowest BCUT2D eigenvalue weighted by Crippen LogP contribution is -2.50. The fourth-order valence-corrected chi connectivity index (χ4v) is 3.78. The Morgan fingerprint density at radius 3 is 2.40 bits per heavy atom. The summed E-state index contributed by atoms with van der Waals surface area (Å²) in [5.41, 5.74) is 12.9. The van der Waals surface area contributed by atoms with Crippen LogP contribution in [-0.2, 0) is 15.8 Å². The highest BCUT2D eigenvalue weighted by atomic mass is 19.4. The van der Waals surface area contributed by atoms with Gasteiger partial charge in [-0.3, -0.25) is 14.6 Å². The predicted molar refractivity (Wildman–Crippen MR) is 99.3 cm³/mol. The van der Waals surface area contributed by atoms with Crippen LogP contribution in [0.3, 0.4) is 0 Å². The van der Waals surface area contributed by atoms with E-state index in [0.717, 1.165) is 6.07 Å². The van der Waals surface area contributed by atoms with E-state index in [-0.39, 0.29) is 28.9 Å². The molecule has 2 aliphatic heterocycles. The normalized spacial score (nSPS) is 20.6. The molecule has 0 bridgehead atoms. The van der Waals surface area contributed by atoms with Crippen molar-refractivity contribution in [1.82, 2.24) is 15.3 Å². The summed E-state index contributed by atoms with van der Waals surface area (Å²) in [5, 5.41) is 1.50. The first-order valence-electron chi connectivity index (χ1n) is 9.17. The predicted octanol–water partition coefficient (Wildman–Crippen LogP) is 1.54. The second kappa shape index (κ2) is 7.98. The number of likely N-dealkylation sites (tertiary alicyclic amines) is 1. The van der Waals surface area contributed by atoms with Crippen molar-refractivity contribution in [2.75, 3.05) is 13.1 Å². The quantitative estimate of drug-likeness (QED) is 0.500. The number of primary amides is 1. The Hall–Kier alpha value is -3.08. The van der Waals surface area contributed by atoms with Crippen molar-refractivity contribution in [3.63, 3.8) is 0 Å². The van der Waals surface area contributed by atoms with Crippen molar-refractivity contribution >= 4 is 11.8 Å². The van der Waals surface area contributed by atoms with E-state index in [1.807, 2.05) is 0 Å². The second-order valence-corrected chi connectivity index (χ2v) is 7.09. The monoisotopic (exact) mass is 427 g/mol. The largest absolute Gasteiger partial charge is 0.419 e. The van der Waals surface area contributed by atoms with Crippen molar-refractivity contribution in [2.45, 2.75) is 31.1 Å². The van der Waals surface area contributed by atoms with Gasteiger partial charge < -0.3 is 16.4 Å². The molecule has 1 unspecified atom stereocenters. The van der Waals surface area contributed by atoms with E-state index in [0.29, 0.717) is 38.1 Å².